The standard InChI is InChI=1S/C23H35NO5/c1-3-27-23(25)19-9-11-21(12-10-19)28-16-20-13-22(14-24(20)2)29-17-26-15-18-7-5-4-6-8-18/h4-8,19-22H,3,9-17H2,1-2H3/t19-,20-,21-,22+/m0/s1. The molecule has 2 fully saturated rings. The van der Waals surface area contributed by atoms with E-state index in [-0.39, 0.29) is 24.1 Å². The molecule has 29 heavy (non-hydrogen) atoms. The smallest absolute Gasteiger partial charge is 0.308 e. The molecule has 0 bridgehead atoms. The Morgan fingerprint density at radius 3 is 2.55 bits per heavy atom. The van der Waals surface area contributed by atoms with E-state index >= 15 is 0 Å². The van der Waals surface area contributed by atoms with Crippen LogP contribution in [0.15, 0.2) is 30.3 Å². The minimum atomic E-state index is -0.0454. The van der Waals surface area contributed by atoms with E-state index in [1.807, 2.05) is 25.1 Å². The first-order valence-corrected chi connectivity index (χ1v) is 10.9. The maximum Gasteiger partial charge on any atom is 0.308 e. The van der Waals surface area contributed by atoms with Gasteiger partial charge in [-0.25, -0.2) is 0 Å². The van der Waals surface area contributed by atoms with Crippen LogP contribution in [-0.4, -0.2) is 62.7 Å². The van der Waals surface area contributed by atoms with Gasteiger partial charge in [-0.3, -0.25) is 9.69 Å². The molecule has 0 aromatic heterocycles. The van der Waals surface area contributed by atoms with Gasteiger partial charge in [0.1, 0.15) is 6.79 Å². The first-order valence-electron chi connectivity index (χ1n) is 10.9. The molecule has 1 aromatic carbocycles. The van der Waals surface area contributed by atoms with Crippen LogP contribution in [-0.2, 0) is 30.3 Å². The zero-order valence-electron chi connectivity index (χ0n) is 17.8. The predicted octanol–water partition coefficient (Wildman–Crippen LogP) is 3.39. The lowest BCUT2D eigenvalue weighted by molar-refractivity contribution is -0.150. The second kappa shape index (κ2) is 11.6. The van der Waals surface area contributed by atoms with Crippen LogP contribution in [0.5, 0.6) is 0 Å². The summed E-state index contributed by atoms with van der Waals surface area (Å²) < 4.78 is 22.9. The molecule has 1 aliphatic heterocycles. The van der Waals surface area contributed by atoms with Crippen LogP contribution < -0.4 is 0 Å². The van der Waals surface area contributed by atoms with Gasteiger partial charge in [-0.2, -0.15) is 0 Å². The number of nitrogens with zero attached hydrogens (tertiary/aromatic N) is 1. The zero-order chi connectivity index (χ0) is 20.5. The molecule has 3 rings (SSSR count). The van der Waals surface area contributed by atoms with Crippen LogP contribution in [0.4, 0.5) is 0 Å². The molecular weight excluding hydrogens is 370 g/mol. The Bertz CT molecular complexity index is 603. The summed E-state index contributed by atoms with van der Waals surface area (Å²) in [5, 5.41) is 0. The van der Waals surface area contributed by atoms with Gasteiger partial charge >= 0.3 is 5.97 Å². The highest BCUT2D eigenvalue weighted by Crippen LogP contribution is 2.28. The molecule has 1 aliphatic carbocycles. The minimum absolute atomic E-state index is 0.0454. The third-order valence-corrected chi connectivity index (χ3v) is 5.97. The summed E-state index contributed by atoms with van der Waals surface area (Å²) >= 11 is 0. The molecule has 0 unspecified atom stereocenters. The van der Waals surface area contributed by atoms with Crippen LogP contribution in [0.2, 0.25) is 0 Å². The summed E-state index contributed by atoms with van der Waals surface area (Å²) in [5.74, 6) is 0.00794. The highest BCUT2D eigenvalue weighted by atomic mass is 16.7. The molecule has 0 amide bonds. The number of hydrogen-bond acceptors (Lipinski definition) is 6. The van der Waals surface area contributed by atoms with E-state index in [2.05, 4.69) is 24.1 Å². The van der Waals surface area contributed by atoms with Gasteiger partial charge in [-0.1, -0.05) is 30.3 Å². The molecule has 1 aromatic rings. The third kappa shape index (κ3) is 7.07. The van der Waals surface area contributed by atoms with Gasteiger partial charge in [0.15, 0.2) is 0 Å². The lowest BCUT2D eigenvalue weighted by Crippen LogP contribution is -2.33. The SMILES string of the molecule is CCOC(=O)[C@H]1CC[C@H](OC[C@@H]2C[C@@H](OCOCc3ccccc3)CN2C)CC1. The summed E-state index contributed by atoms with van der Waals surface area (Å²) in [4.78, 5) is 14.2. The van der Waals surface area contributed by atoms with Gasteiger partial charge < -0.3 is 18.9 Å². The van der Waals surface area contributed by atoms with E-state index in [0.717, 1.165) is 50.8 Å². The largest absolute Gasteiger partial charge is 0.466 e. The molecule has 2 atom stereocenters. The number of ether oxygens (including phenoxy) is 4. The van der Waals surface area contributed by atoms with Crippen molar-refractivity contribution in [1.29, 1.82) is 0 Å². The van der Waals surface area contributed by atoms with Crippen molar-refractivity contribution < 1.29 is 23.7 Å². The molecule has 162 valence electrons. The fourth-order valence-electron chi connectivity index (χ4n) is 4.19. The number of esters is 1. The summed E-state index contributed by atoms with van der Waals surface area (Å²) in [5.41, 5.74) is 1.16. The topological polar surface area (TPSA) is 57.2 Å². The van der Waals surface area contributed by atoms with E-state index < -0.39 is 0 Å². The Balaban J connectivity index is 1.29. The third-order valence-electron chi connectivity index (χ3n) is 5.97. The molecule has 0 spiro atoms. The van der Waals surface area contributed by atoms with Crippen molar-refractivity contribution in [3.05, 3.63) is 35.9 Å². The second-order valence-electron chi connectivity index (χ2n) is 8.13. The van der Waals surface area contributed by atoms with E-state index in [4.69, 9.17) is 18.9 Å². The summed E-state index contributed by atoms with van der Waals surface area (Å²) in [7, 11) is 2.12. The second-order valence-corrected chi connectivity index (χ2v) is 8.13. The van der Waals surface area contributed by atoms with Gasteiger partial charge in [-0.05, 0) is 51.6 Å². The van der Waals surface area contributed by atoms with Crippen LogP contribution in [0.25, 0.3) is 0 Å². The van der Waals surface area contributed by atoms with Crippen molar-refractivity contribution >= 4 is 5.97 Å². The van der Waals surface area contributed by atoms with Crippen molar-refractivity contribution in [2.75, 3.05) is 33.6 Å². The maximum absolute atomic E-state index is 11.8. The number of likely N-dealkylation sites (tertiary alicyclic amines) is 1. The molecule has 0 N–H and O–H groups in total. The number of hydrogen-bond donors (Lipinski definition) is 0. The molecule has 1 saturated carbocycles. The number of rotatable bonds is 10. The molecule has 2 aliphatic rings. The lowest BCUT2D eigenvalue weighted by Gasteiger charge is -2.29. The van der Waals surface area contributed by atoms with Crippen LogP contribution in [0.1, 0.15) is 44.6 Å². The van der Waals surface area contributed by atoms with Crippen LogP contribution in [0, 0.1) is 5.92 Å². The highest BCUT2D eigenvalue weighted by molar-refractivity contribution is 5.72. The monoisotopic (exact) mass is 405 g/mol. The minimum Gasteiger partial charge on any atom is -0.466 e. The molecule has 1 saturated heterocycles. The van der Waals surface area contributed by atoms with E-state index in [0.29, 0.717) is 26.0 Å². The number of carbonyl (C=O) groups is 1. The quantitative estimate of drug-likeness (QED) is 0.338. The summed E-state index contributed by atoms with van der Waals surface area (Å²) in [6.45, 7) is 4.83. The average molecular weight is 406 g/mol. The molecule has 6 nitrogen and oxygen atoms in total. The van der Waals surface area contributed by atoms with Gasteiger partial charge in [-0.15, -0.1) is 0 Å². The maximum atomic E-state index is 11.8. The summed E-state index contributed by atoms with van der Waals surface area (Å²) in [6, 6.07) is 10.5. The van der Waals surface area contributed by atoms with Crippen LogP contribution >= 0.6 is 0 Å². The van der Waals surface area contributed by atoms with Crippen molar-refractivity contribution in [2.45, 2.75) is 63.9 Å². The number of benzene rings is 1. The Morgan fingerprint density at radius 1 is 1.07 bits per heavy atom. The van der Waals surface area contributed by atoms with E-state index in [9.17, 15) is 4.79 Å². The van der Waals surface area contributed by atoms with Crippen molar-refractivity contribution in [3.63, 3.8) is 0 Å². The van der Waals surface area contributed by atoms with Crippen LogP contribution in [0.3, 0.4) is 0 Å². The Hall–Kier alpha value is -1.47. The molecule has 0 radical (unpaired) electrons. The van der Waals surface area contributed by atoms with E-state index in [1.54, 1.807) is 0 Å². The van der Waals surface area contributed by atoms with Gasteiger partial charge in [0.25, 0.3) is 0 Å². The first-order chi connectivity index (χ1) is 14.2. The predicted molar refractivity (Wildman–Crippen MR) is 110 cm³/mol. The summed E-state index contributed by atoms with van der Waals surface area (Å²) in [6.07, 6.45) is 5.01. The van der Waals surface area contributed by atoms with Gasteiger partial charge in [0, 0.05) is 12.6 Å². The van der Waals surface area contributed by atoms with Crippen molar-refractivity contribution in [3.8, 4) is 0 Å². The molecule has 1 heterocycles. The Kier molecular flexibility index (Phi) is 8.92. The zero-order valence-corrected chi connectivity index (χ0v) is 17.8. The number of likely N-dealkylation sites (N-methyl/N-ethyl adjacent to an activating group) is 1. The lowest BCUT2D eigenvalue weighted by atomic mass is 9.87. The van der Waals surface area contributed by atoms with Gasteiger partial charge in [0.05, 0.1) is 37.9 Å². The Morgan fingerprint density at radius 2 is 1.83 bits per heavy atom. The first kappa shape index (κ1) is 22.2. The van der Waals surface area contributed by atoms with Gasteiger partial charge in [0.2, 0.25) is 0 Å². The number of carbonyl (C=O) groups excluding carboxylic acids is 1. The Labute approximate surface area is 174 Å². The normalized spacial score (nSPS) is 27.8. The van der Waals surface area contributed by atoms with Crippen molar-refractivity contribution in [2.24, 2.45) is 5.92 Å². The fraction of sp³-hybridized carbons (Fsp3) is 0.696. The molecule has 6 heteroatoms. The molecular formula is C23H35NO5. The van der Waals surface area contributed by atoms with Crippen molar-refractivity contribution in [1.82, 2.24) is 4.90 Å². The highest BCUT2D eigenvalue weighted by Gasteiger charge is 2.32. The fourth-order valence-corrected chi connectivity index (χ4v) is 4.19. The van der Waals surface area contributed by atoms with E-state index in [1.165, 1.54) is 0 Å². The average Bonchev–Trinajstić information content (AvgIpc) is 3.10.